The summed E-state index contributed by atoms with van der Waals surface area (Å²) in [4.78, 5) is 12.9. The van der Waals surface area contributed by atoms with E-state index in [0.717, 1.165) is 40.6 Å². The van der Waals surface area contributed by atoms with Crippen LogP contribution < -0.4 is 0 Å². The fourth-order valence-electron chi connectivity index (χ4n) is 5.20. The third-order valence-corrected chi connectivity index (χ3v) is 6.69. The highest BCUT2D eigenvalue weighted by Crippen LogP contribution is 2.46. The van der Waals surface area contributed by atoms with Crippen LogP contribution in [0.2, 0.25) is 0 Å². The number of likely N-dealkylation sites (tertiary alicyclic amines) is 1. The van der Waals surface area contributed by atoms with E-state index in [0.29, 0.717) is 39.1 Å². The second-order valence-electron chi connectivity index (χ2n) is 8.77. The average Bonchev–Trinajstić information content (AvgIpc) is 3.13. The lowest BCUT2D eigenvalue weighted by Gasteiger charge is -2.42. The van der Waals surface area contributed by atoms with Gasteiger partial charge in [0.25, 0.3) is 0 Å². The van der Waals surface area contributed by atoms with Gasteiger partial charge in [0, 0.05) is 55.4 Å². The smallest absolute Gasteiger partial charge is 0.149 e. The number of carbonyl (C=O) groups is 1. The summed E-state index contributed by atoms with van der Waals surface area (Å²) in [5.74, 6) is 0.192. The number of aliphatic hydroxyl groups excluding tert-OH is 1. The van der Waals surface area contributed by atoms with E-state index >= 15 is 0 Å². The first-order chi connectivity index (χ1) is 15.6. The van der Waals surface area contributed by atoms with Crippen LogP contribution in [0.15, 0.2) is 42.5 Å². The number of fused-ring (bicyclic) bond motifs is 1. The van der Waals surface area contributed by atoms with Gasteiger partial charge in [0.1, 0.15) is 24.0 Å². The molecule has 0 unspecified atom stereocenters. The molecule has 0 spiro atoms. The van der Waals surface area contributed by atoms with Gasteiger partial charge in [0.05, 0.1) is 11.6 Å². The minimum atomic E-state index is -0.990. The number of phenols is 1. The topological polar surface area (TPSA) is 74.9 Å². The summed E-state index contributed by atoms with van der Waals surface area (Å²) in [6.07, 6.45) is 1.33. The Morgan fingerprint density at radius 3 is 2.53 bits per heavy atom. The van der Waals surface area contributed by atoms with Crippen molar-refractivity contribution in [2.45, 2.75) is 30.9 Å². The maximum absolute atomic E-state index is 13.7. The number of ether oxygens (including phenoxy) is 1. The number of hydrogen-bond donors (Lipinski definition) is 2. The molecular formula is C25H27FN2O4. The molecule has 2 aromatic carbocycles. The van der Waals surface area contributed by atoms with Crippen molar-refractivity contribution in [3.63, 3.8) is 0 Å². The second kappa shape index (κ2) is 8.65. The van der Waals surface area contributed by atoms with Gasteiger partial charge in [-0.2, -0.15) is 0 Å². The molecule has 1 aromatic heterocycles. The Morgan fingerprint density at radius 2 is 1.84 bits per heavy atom. The van der Waals surface area contributed by atoms with E-state index in [-0.39, 0.29) is 23.5 Å². The molecule has 0 bridgehead atoms. The van der Waals surface area contributed by atoms with Gasteiger partial charge in [-0.25, -0.2) is 4.39 Å². The highest BCUT2D eigenvalue weighted by atomic mass is 19.1. The van der Waals surface area contributed by atoms with Crippen LogP contribution in [0.3, 0.4) is 0 Å². The van der Waals surface area contributed by atoms with Crippen LogP contribution in [0.5, 0.6) is 5.75 Å². The second-order valence-corrected chi connectivity index (χ2v) is 8.77. The van der Waals surface area contributed by atoms with Gasteiger partial charge in [-0.15, -0.1) is 0 Å². The predicted molar refractivity (Wildman–Crippen MR) is 119 cm³/mol. The molecule has 0 aliphatic carbocycles. The number of aromatic nitrogens is 1. The van der Waals surface area contributed by atoms with Gasteiger partial charge in [-0.05, 0) is 36.6 Å². The van der Waals surface area contributed by atoms with Crippen molar-refractivity contribution in [1.29, 1.82) is 0 Å². The molecule has 2 N–H and O–H groups in total. The van der Waals surface area contributed by atoms with E-state index in [1.165, 1.54) is 12.1 Å². The first-order valence-corrected chi connectivity index (χ1v) is 11.1. The monoisotopic (exact) mass is 438 g/mol. The number of β-amino-alcohol motifs (C(OH)–C–C–N with tert-alkyl or cyclic N) is 1. The minimum absolute atomic E-state index is 0.108. The van der Waals surface area contributed by atoms with Crippen LogP contribution >= 0.6 is 0 Å². The molecule has 0 saturated carbocycles. The van der Waals surface area contributed by atoms with Crippen LogP contribution in [0.1, 0.15) is 30.5 Å². The zero-order chi connectivity index (χ0) is 22.2. The maximum atomic E-state index is 13.7. The maximum Gasteiger partial charge on any atom is 0.149 e. The number of carbonyl (C=O) groups excluding carboxylic acids is 1. The molecule has 2 aliphatic rings. The summed E-state index contributed by atoms with van der Waals surface area (Å²) in [5, 5.41) is 21.5. The summed E-state index contributed by atoms with van der Waals surface area (Å²) in [6.45, 7) is 3.04. The Morgan fingerprint density at radius 1 is 1.12 bits per heavy atom. The van der Waals surface area contributed by atoms with Crippen molar-refractivity contribution in [3.8, 4) is 16.9 Å². The Kier molecular flexibility index (Phi) is 5.71. The zero-order valence-corrected chi connectivity index (χ0v) is 17.8. The van der Waals surface area contributed by atoms with E-state index in [2.05, 4.69) is 4.57 Å². The SMILES string of the molecule is O=C[C@@H](O)CN1CC(n2c(C3CCOCC3)c(-c3ccc(F)cc3)c3cccc(O)c32)C1. The van der Waals surface area contributed by atoms with Crippen LogP contribution in [0, 0.1) is 5.82 Å². The van der Waals surface area contributed by atoms with E-state index in [9.17, 15) is 19.4 Å². The molecule has 6 nitrogen and oxygen atoms in total. The van der Waals surface area contributed by atoms with Crippen molar-refractivity contribution in [2.75, 3.05) is 32.8 Å². The predicted octanol–water partition coefficient (Wildman–Crippen LogP) is 3.46. The summed E-state index contributed by atoms with van der Waals surface area (Å²) in [7, 11) is 0. The van der Waals surface area contributed by atoms with Gasteiger partial charge in [-0.1, -0.05) is 24.3 Å². The van der Waals surface area contributed by atoms with Crippen LogP contribution in [-0.2, 0) is 9.53 Å². The number of aliphatic hydroxyl groups is 1. The van der Waals surface area contributed by atoms with Gasteiger partial charge in [0.15, 0.2) is 0 Å². The quantitative estimate of drug-likeness (QED) is 0.577. The van der Waals surface area contributed by atoms with Crippen molar-refractivity contribution in [3.05, 3.63) is 54.0 Å². The summed E-state index contributed by atoms with van der Waals surface area (Å²) >= 11 is 0. The van der Waals surface area contributed by atoms with E-state index in [4.69, 9.17) is 4.74 Å². The molecule has 1 atom stereocenters. The average molecular weight is 438 g/mol. The van der Waals surface area contributed by atoms with Crippen LogP contribution in [0.25, 0.3) is 22.0 Å². The van der Waals surface area contributed by atoms with Crippen molar-refractivity contribution < 1.29 is 24.1 Å². The lowest BCUT2D eigenvalue weighted by Crippen LogP contribution is -2.51. The lowest BCUT2D eigenvalue weighted by atomic mass is 9.89. The highest BCUT2D eigenvalue weighted by molar-refractivity contribution is 6.01. The van der Waals surface area contributed by atoms with Gasteiger partial charge in [-0.3, -0.25) is 4.90 Å². The molecule has 168 valence electrons. The molecule has 2 saturated heterocycles. The Labute approximate surface area is 185 Å². The van der Waals surface area contributed by atoms with Gasteiger partial charge in [0.2, 0.25) is 0 Å². The summed E-state index contributed by atoms with van der Waals surface area (Å²) < 4.78 is 21.6. The summed E-state index contributed by atoms with van der Waals surface area (Å²) in [6, 6.07) is 12.2. The highest BCUT2D eigenvalue weighted by Gasteiger charge is 2.36. The standard InChI is InChI=1S/C25H27FN2O4/c26-18-6-4-16(5-7-18)23-21-2-1-3-22(31)25(21)28(24(23)17-8-10-32-11-9-17)19-12-27(13-19)14-20(30)15-29/h1-7,15,17,19-20,30-31H,8-14H2/t20-/m0/s1. The number of para-hydroxylation sites is 1. The van der Waals surface area contributed by atoms with Crippen molar-refractivity contribution in [2.24, 2.45) is 0 Å². The molecular weight excluding hydrogens is 411 g/mol. The number of phenolic OH excluding ortho intramolecular Hbond substituents is 1. The number of hydrogen-bond acceptors (Lipinski definition) is 5. The van der Waals surface area contributed by atoms with Crippen molar-refractivity contribution in [1.82, 2.24) is 9.47 Å². The van der Waals surface area contributed by atoms with Crippen molar-refractivity contribution >= 4 is 17.2 Å². The number of benzene rings is 2. The van der Waals surface area contributed by atoms with Gasteiger partial charge < -0.3 is 24.3 Å². The third kappa shape index (κ3) is 3.70. The minimum Gasteiger partial charge on any atom is -0.506 e. The van der Waals surface area contributed by atoms with Gasteiger partial charge >= 0.3 is 0 Å². The Hall–Kier alpha value is -2.74. The molecule has 7 heteroatoms. The van der Waals surface area contributed by atoms with E-state index in [1.807, 2.05) is 17.0 Å². The number of nitrogens with zero attached hydrogens (tertiary/aromatic N) is 2. The fraction of sp³-hybridized carbons (Fsp3) is 0.400. The number of rotatable bonds is 6. The number of halogens is 1. The lowest BCUT2D eigenvalue weighted by molar-refractivity contribution is -0.116. The molecule has 32 heavy (non-hydrogen) atoms. The molecule has 2 aliphatic heterocycles. The van der Waals surface area contributed by atoms with E-state index < -0.39 is 6.10 Å². The zero-order valence-electron chi connectivity index (χ0n) is 17.8. The first kappa shape index (κ1) is 21.1. The third-order valence-electron chi connectivity index (χ3n) is 6.69. The van der Waals surface area contributed by atoms with Crippen LogP contribution in [-0.4, -0.2) is 64.9 Å². The molecule has 0 amide bonds. The molecule has 0 radical (unpaired) electrons. The Balaban J connectivity index is 1.66. The molecule has 2 fully saturated rings. The van der Waals surface area contributed by atoms with Crippen LogP contribution in [0.4, 0.5) is 4.39 Å². The largest absolute Gasteiger partial charge is 0.506 e. The Bertz CT molecular complexity index is 1120. The first-order valence-electron chi connectivity index (χ1n) is 11.1. The molecule has 5 rings (SSSR count). The van der Waals surface area contributed by atoms with E-state index in [1.54, 1.807) is 18.2 Å². The summed E-state index contributed by atoms with van der Waals surface area (Å²) in [5.41, 5.74) is 3.90. The number of aldehydes is 1. The normalized spacial score (nSPS) is 19.2. The number of aromatic hydroxyl groups is 1. The molecule has 3 heterocycles. The molecule has 3 aromatic rings. The fourth-order valence-corrected chi connectivity index (χ4v) is 5.20.